The maximum atomic E-state index is 6.23. The third kappa shape index (κ3) is 2.49. The minimum Gasteiger partial charge on any atom is -0.313 e. The smallest absolute Gasteiger partial charge is 0.0453 e. The quantitative estimate of drug-likeness (QED) is 0.871. The van der Waals surface area contributed by atoms with Gasteiger partial charge >= 0.3 is 0 Å². The highest BCUT2D eigenvalue weighted by atomic mass is 35.5. The Kier molecular flexibility index (Phi) is 3.95. The second-order valence-electron chi connectivity index (χ2n) is 3.91. The molecule has 1 aromatic rings. The van der Waals surface area contributed by atoms with E-state index < -0.39 is 0 Å². The molecule has 0 aliphatic carbocycles. The Morgan fingerprint density at radius 1 is 1.47 bits per heavy atom. The van der Waals surface area contributed by atoms with Gasteiger partial charge in [-0.1, -0.05) is 29.8 Å². The molecule has 0 radical (unpaired) electrons. The van der Waals surface area contributed by atoms with E-state index in [-0.39, 0.29) is 0 Å². The van der Waals surface area contributed by atoms with E-state index in [1.54, 1.807) is 0 Å². The SMILES string of the molecule is CNC(c1ccccc1Cl)C1CCSC1. The predicted octanol–water partition coefficient (Wildman–Crippen LogP) is 3.35. The first-order valence-corrected chi connectivity index (χ1v) is 6.85. The number of hydrogen-bond donors (Lipinski definition) is 1. The second kappa shape index (κ2) is 5.24. The topological polar surface area (TPSA) is 12.0 Å². The summed E-state index contributed by atoms with van der Waals surface area (Å²) in [6, 6.07) is 8.57. The molecule has 1 heterocycles. The van der Waals surface area contributed by atoms with Crippen molar-refractivity contribution in [3.05, 3.63) is 34.9 Å². The molecule has 0 saturated carbocycles. The first-order valence-electron chi connectivity index (χ1n) is 5.32. The zero-order chi connectivity index (χ0) is 10.7. The van der Waals surface area contributed by atoms with Gasteiger partial charge < -0.3 is 5.32 Å². The molecule has 1 aliphatic heterocycles. The molecule has 1 nitrogen and oxygen atoms in total. The molecule has 2 atom stereocenters. The first kappa shape index (κ1) is 11.3. The Balaban J connectivity index is 2.22. The number of halogens is 1. The van der Waals surface area contributed by atoms with E-state index in [1.165, 1.54) is 23.5 Å². The number of benzene rings is 1. The van der Waals surface area contributed by atoms with Gasteiger partial charge in [0.05, 0.1) is 0 Å². The Bertz CT molecular complexity index is 323. The molecular formula is C12H16ClNS. The summed E-state index contributed by atoms with van der Waals surface area (Å²) in [5.41, 5.74) is 1.24. The molecule has 0 aromatic heterocycles. The summed E-state index contributed by atoms with van der Waals surface area (Å²) in [6.45, 7) is 0. The van der Waals surface area contributed by atoms with Crippen LogP contribution in [0.5, 0.6) is 0 Å². The van der Waals surface area contributed by atoms with Crippen molar-refractivity contribution in [3.63, 3.8) is 0 Å². The zero-order valence-corrected chi connectivity index (χ0v) is 10.4. The third-order valence-electron chi connectivity index (χ3n) is 2.99. The van der Waals surface area contributed by atoms with Crippen molar-refractivity contribution < 1.29 is 0 Å². The normalized spacial score (nSPS) is 22.9. The van der Waals surface area contributed by atoms with E-state index in [4.69, 9.17) is 11.6 Å². The van der Waals surface area contributed by atoms with E-state index in [0.717, 1.165) is 10.9 Å². The predicted molar refractivity (Wildman–Crippen MR) is 68.7 cm³/mol. The molecule has 1 saturated heterocycles. The van der Waals surface area contributed by atoms with E-state index in [1.807, 2.05) is 30.9 Å². The fraction of sp³-hybridized carbons (Fsp3) is 0.500. The molecule has 1 N–H and O–H groups in total. The maximum Gasteiger partial charge on any atom is 0.0453 e. The Hall–Kier alpha value is -0.180. The average Bonchev–Trinajstić information content (AvgIpc) is 2.75. The number of rotatable bonds is 3. The highest BCUT2D eigenvalue weighted by Crippen LogP contribution is 2.36. The van der Waals surface area contributed by atoms with Crippen LogP contribution >= 0.6 is 23.4 Å². The summed E-state index contributed by atoms with van der Waals surface area (Å²) in [4.78, 5) is 0. The fourth-order valence-corrected chi connectivity index (χ4v) is 3.74. The molecule has 15 heavy (non-hydrogen) atoms. The van der Waals surface area contributed by atoms with E-state index in [2.05, 4.69) is 17.4 Å². The molecular weight excluding hydrogens is 226 g/mol. The molecule has 0 bridgehead atoms. The second-order valence-corrected chi connectivity index (χ2v) is 5.47. The zero-order valence-electron chi connectivity index (χ0n) is 8.87. The van der Waals surface area contributed by atoms with Gasteiger partial charge in [-0.25, -0.2) is 0 Å². The van der Waals surface area contributed by atoms with Crippen LogP contribution < -0.4 is 5.32 Å². The average molecular weight is 242 g/mol. The summed E-state index contributed by atoms with van der Waals surface area (Å²) >= 11 is 8.27. The van der Waals surface area contributed by atoms with Crippen molar-refractivity contribution in [2.24, 2.45) is 5.92 Å². The van der Waals surface area contributed by atoms with Gasteiger partial charge in [0.2, 0.25) is 0 Å². The van der Waals surface area contributed by atoms with Gasteiger partial charge in [-0.2, -0.15) is 11.8 Å². The van der Waals surface area contributed by atoms with E-state index >= 15 is 0 Å². The maximum absolute atomic E-state index is 6.23. The van der Waals surface area contributed by atoms with Gasteiger partial charge in [0.1, 0.15) is 0 Å². The van der Waals surface area contributed by atoms with Crippen LogP contribution in [0.15, 0.2) is 24.3 Å². The lowest BCUT2D eigenvalue weighted by Gasteiger charge is -2.23. The highest BCUT2D eigenvalue weighted by Gasteiger charge is 2.26. The van der Waals surface area contributed by atoms with Crippen molar-refractivity contribution >= 4 is 23.4 Å². The number of thioether (sulfide) groups is 1. The summed E-state index contributed by atoms with van der Waals surface area (Å²) < 4.78 is 0. The summed E-state index contributed by atoms with van der Waals surface area (Å²) in [5, 5.41) is 4.29. The lowest BCUT2D eigenvalue weighted by atomic mass is 9.92. The monoisotopic (exact) mass is 241 g/mol. The molecule has 3 heteroatoms. The van der Waals surface area contributed by atoms with Crippen molar-refractivity contribution in [2.75, 3.05) is 18.6 Å². The molecule has 0 amide bonds. The van der Waals surface area contributed by atoms with Crippen molar-refractivity contribution in [1.82, 2.24) is 5.32 Å². The molecule has 82 valence electrons. The number of nitrogens with one attached hydrogen (secondary N) is 1. The van der Waals surface area contributed by atoms with Gasteiger partial charge in [0.15, 0.2) is 0 Å². The van der Waals surface area contributed by atoms with Gasteiger partial charge in [-0.05, 0) is 42.5 Å². The lowest BCUT2D eigenvalue weighted by molar-refractivity contribution is 0.420. The van der Waals surface area contributed by atoms with E-state index in [9.17, 15) is 0 Å². The van der Waals surface area contributed by atoms with Crippen LogP contribution in [-0.2, 0) is 0 Å². The van der Waals surface area contributed by atoms with Crippen molar-refractivity contribution in [1.29, 1.82) is 0 Å². The molecule has 1 fully saturated rings. The highest BCUT2D eigenvalue weighted by molar-refractivity contribution is 7.99. The molecule has 2 rings (SSSR count). The standard InChI is InChI=1S/C12H16ClNS/c1-14-12(9-6-7-15-8-9)10-4-2-3-5-11(10)13/h2-5,9,12,14H,6-8H2,1H3. The fourth-order valence-electron chi connectivity index (χ4n) is 2.19. The molecule has 2 unspecified atom stereocenters. The Labute approximate surface area is 101 Å². The van der Waals surface area contributed by atoms with Gasteiger partial charge in [0.25, 0.3) is 0 Å². The van der Waals surface area contributed by atoms with Crippen LogP contribution in [0.3, 0.4) is 0 Å². The first-order chi connectivity index (χ1) is 7.33. The van der Waals surface area contributed by atoms with E-state index in [0.29, 0.717) is 6.04 Å². The van der Waals surface area contributed by atoms with Gasteiger partial charge in [-0.15, -0.1) is 0 Å². The largest absolute Gasteiger partial charge is 0.313 e. The van der Waals surface area contributed by atoms with Gasteiger partial charge in [0, 0.05) is 11.1 Å². The third-order valence-corrected chi connectivity index (χ3v) is 4.52. The van der Waals surface area contributed by atoms with Crippen LogP contribution in [0.1, 0.15) is 18.0 Å². The Morgan fingerprint density at radius 3 is 2.87 bits per heavy atom. The summed E-state index contributed by atoms with van der Waals surface area (Å²) in [6.07, 6.45) is 1.29. The molecule has 1 aliphatic rings. The summed E-state index contributed by atoms with van der Waals surface area (Å²) in [7, 11) is 2.02. The van der Waals surface area contributed by atoms with Crippen molar-refractivity contribution in [2.45, 2.75) is 12.5 Å². The molecule has 0 spiro atoms. The van der Waals surface area contributed by atoms with Crippen LogP contribution in [0.25, 0.3) is 0 Å². The number of hydrogen-bond acceptors (Lipinski definition) is 2. The molecule has 1 aromatic carbocycles. The van der Waals surface area contributed by atoms with Crippen LogP contribution in [0.2, 0.25) is 5.02 Å². The van der Waals surface area contributed by atoms with Crippen LogP contribution in [-0.4, -0.2) is 18.6 Å². The minimum atomic E-state index is 0.411. The van der Waals surface area contributed by atoms with Crippen LogP contribution in [0.4, 0.5) is 0 Å². The lowest BCUT2D eigenvalue weighted by Crippen LogP contribution is -2.25. The van der Waals surface area contributed by atoms with Crippen molar-refractivity contribution in [3.8, 4) is 0 Å². The Morgan fingerprint density at radius 2 is 2.27 bits per heavy atom. The minimum absolute atomic E-state index is 0.411. The van der Waals surface area contributed by atoms with Gasteiger partial charge in [-0.3, -0.25) is 0 Å². The van der Waals surface area contributed by atoms with Crippen LogP contribution in [0, 0.1) is 5.92 Å². The summed E-state index contributed by atoms with van der Waals surface area (Å²) in [5.74, 6) is 3.25.